The number of hydrogen-bond acceptors (Lipinski definition) is 4. The molecule has 3 rings (SSSR count). The number of thiazole rings is 1. The van der Waals surface area contributed by atoms with Crippen molar-refractivity contribution >= 4 is 22.9 Å². The Hall–Kier alpha value is -2.54. The highest BCUT2D eigenvalue weighted by molar-refractivity contribution is 7.12. The highest BCUT2D eigenvalue weighted by Crippen LogP contribution is 2.28. The van der Waals surface area contributed by atoms with Crippen LogP contribution in [0.3, 0.4) is 0 Å². The van der Waals surface area contributed by atoms with Crippen LogP contribution in [-0.2, 0) is 18.3 Å². The molecule has 23 heavy (non-hydrogen) atoms. The van der Waals surface area contributed by atoms with Crippen molar-refractivity contribution in [3.05, 3.63) is 52.4 Å². The number of aromatic nitrogens is 3. The molecule has 0 atom stereocenters. The number of carbonyl (C=O) groups is 1. The summed E-state index contributed by atoms with van der Waals surface area (Å²) < 4.78 is 14.7. The fraction of sp³-hybridized carbons (Fsp3) is 0.188. The summed E-state index contributed by atoms with van der Waals surface area (Å²) in [7, 11) is 1.79. The molecule has 2 heterocycles. The minimum atomic E-state index is -0.295. The maximum atomic E-state index is 13.1. The topological polar surface area (TPSA) is 59.8 Å². The third-order valence-corrected chi connectivity index (χ3v) is 4.20. The van der Waals surface area contributed by atoms with Crippen LogP contribution in [0, 0.1) is 12.7 Å². The van der Waals surface area contributed by atoms with Crippen molar-refractivity contribution < 1.29 is 9.18 Å². The van der Waals surface area contributed by atoms with Crippen LogP contribution in [0.25, 0.3) is 11.3 Å². The van der Waals surface area contributed by atoms with Gasteiger partial charge in [-0.2, -0.15) is 5.10 Å². The summed E-state index contributed by atoms with van der Waals surface area (Å²) in [5, 5.41) is 7.68. The van der Waals surface area contributed by atoms with Crippen molar-refractivity contribution in [2.75, 3.05) is 5.32 Å². The van der Waals surface area contributed by atoms with E-state index in [4.69, 9.17) is 0 Å². The molecule has 1 amide bonds. The monoisotopic (exact) mass is 330 g/mol. The number of benzene rings is 1. The molecule has 0 aliphatic rings. The second-order valence-corrected chi connectivity index (χ2v) is 6.43. The minimum Gasteiger partial charge on any atom is -0.323 e. The van der Waals surface area contributed by atoms with E-state index in [9.17, 15) is 9.18 Å². The molecule has 7 heteroatoms. The molecule has 0 saturated carbocycles. The summed E-state index contributed by atoms with van der Waals surface area (Å²) in [5.41, 5.74) is 2.19. The van der Waals surface area contributed by atoms with Gasteiger partial charge in [-0.3, -0.25) is 9.48 Å². The first kappa shape index (κ1) is 15.4. The second-order valence-electron chi connectivity index (χ2n) is 5.14. The van der Waals surface area contributed by atoms with E-state index in [1.807, 2.05) is 6.92 Å². The van der Waals surface area contributed by atoms with Gasteiger partial charge in [-0.15, -0.1) is 11.3 Å². The maximum absolute atomic E-state index is 13.1. The predicted octanol–water partition coefficient (Wildman–Crippen LogP) is 3.17. The predicted molar refractivity (Wildman–Crippen MR) is 87.8 cm³/mol. The number of rotatable bonds is 4. The van der Waals surface area contributed by atoms with Gasteiger partial charge in [0.2, 0.25) is 5.91 Å². The van der Waals surface area contributed by atoms with Crippen LogP contribution in [0.1, 0.15) is 9.88 Å². The smallest absolute Gasteiger partial charge is 0.229 e. The summed E-state index contributed by atoms with van der Waals surface area (Å²) in [6.07, 6.45) is 3.54. The lowest BCUT2D eigenvalue weighted by Crippen LogP contribution is -2.13. The van der Waals surface area contributed by atoms with Gasteiger partial charge in [-0.25, -0.2) is 9.37 Å². The van der Waals surface area contributed by atoms with Crippen molar-refractivity contribution in [1.82, 2.24) is 14.8 Å². The number of nitrogens with one attached hydrogen (secondary N) is 1. The average Bonchev–Trinajstić information content (AvgIpc) is 3.06. The minimum absolute atomic E-state index is 0.134. The van der Waals surface area contributed by atoms with Gasteiger partial charge in [0.15, 0.2) is 0 Å². The third-order valence-electron chi connectivity index (χ3n) is 3.23. The number of aryl methyl sites for hydroxylation is 2. The Kier molecular flexibility index (Phi) is 4.20. The number of anilines is 1. The molecular weight excluding hydrogens is 315 g/mol. The van der Waals surface area contributed by atoms with Gasteiger partial charge in [-0.05, 0) is 31.2 Å². The molecule has 0 fully saturated rings. The molecule has 0 aliphatic carbocycles. The van der Waals surface area contributed by atoms with Crippen LogP contribution in [0.5, 0.6) is 0 Å². The zero-order valence-corrected chi connectivity index (χ0v) is 13.5. The number of amides is 1. The van der Waals surface area contributed by atoms with E-state index in [0.717, 1.165) is 21.1 Å². The molecule has 118 valence electrons. The Labute approximate surface area is 136 Å². The molecule has 1 N–H and O–H groups in total. The van der Waals surface area contributed by atoms with Gasteiger partial charge in [0, 0.05) is 23.7 Å². The van der Waals surface area contributed by atoms with E-state index in [0.29, 0.717) is 5.69 Å². The summed E-state index contributed by atoms with van der Waals surface area (Å²) in [5.74, 6) is -0.429. The maximum Gasteiger partial charge on any atom is 0.229 e. The number of nitrogens with zero attached hydrogens (tertiary/aromatic N) is 3. The van der Waals surface area contributed by atoms with Gasteiger partial charge in [0.25, 0.3) is 0 Å². The molecule has 0 spiro atoms. The largest absolute Gasteiger partial charge is 0.323 e. The van der Waals surface area contributed by atoms with Gasteiger partial charge < -0.3 is 5.32 Å². The Balaban J connectivity index is 1.80. The zero-order valence-electron chi connectivity index (χ0n) is 12.7. The third kappa shape index (κ3) is 3.62. The quantitative estimate of drug-likeness (QED) is 0.799. The van der Waals surface area contributed by atoms with E-state index in [-0.39, 0.29) is 18.1 Å². The van der Waals surface area contributed by atoms with Crippen LogP contribution in [-0.4, -0.2) is 20.7 Å². The van der Waals surface area contributed by atoms with Crippen molar-refractivity contribution in [2.45, 2.75) is 13.3 Å². The standard InChI is InChI=1S/C16H15FN4OS/c1-10-19-16(11-3-5-12(17)6-4-11)14(23-10)7-15(22)20-13-8-18-21(2)9-13/h3-6,8-9H,7H2,1-2H3,(H,20,22). The highest BCUT2D eigenvalue weighted by Gasteiger charge is 2.15. The molecule has 3 aromatic rings. The summed E-state index contributed by atoms with van der Waals surface area (Å²) >= 11 is 1.47. The summed E-state index contributed by atoms with van der Waals surface area (Å²) in [6, 6.07) is 6.13. The van der Waals surface area contributed by atoms with E-state index >= 15 is 0 Å². The van der Waals surface area contributed by atoms with Gasteiger partial charge in [-0.1, -0.05) is 0 Å². The Bertz CT molecular complexity index is 838. The molecular formula is C16H15FN4OS. The lowest BCUT2D eigenvalue weighted by atomic mass is 10.1. The fourth-order valence-corrected chi connectivity index (χ4v) is 3.22. The molecule has 2 aromatic heterocycles. The van der Waals surface area contributed by atoms with Gasteiger partial charge >= 0.3 is 0 Å². The lowest BCUT2D eigenvalue weighted by Gasteiger charge is -2.04. The molecule has 0 bridgehead atoms. The first-order valence-corrected chi connectivity index (χ1v) is 7.83. The van der Waals surface area contributed by atoms with E-state index < -0.39 is 0 Å². The van der Waals surface area contributed by atoms with Crippen molar-refractivity contribution in [3.8, 4) is 11.3 Å². The number of halogens is 1. The van der Waals surface area contributed by atoms with Crippen LogP contribution in [0.15, 0.2) is 36.7 Å². The Morgan fingerprint density at radius 2 is 2.09 bits per heavy atom. The first-order valence-electron chi connectivity index (χ1n) is 7.02. The molecule has 0 unspecified atom stereocenters. The van der Waals surface area contributed by atoms with Crippen molar-refractivity contribution in [2.24, 2.45) is 7.05 Å². The molecule has 0 aliphatic heterocycles. The lowest BCUT2D eigenvalue weighted by molar-refractivity contribution is -0.115. The van der Waals surface area contributed by atoms with E-state index in [1.165, 1.54) is 23.5 Å². The second kappa shape index (κ2) is 6.29. The van der Waals surface area contributed by atoms with Crippen LogP contribution in [0.2, 0.25) is 0 Å². The van der Waals surface area contributed by atoms with Crippen LogP contribution in [0.4, 0.5) is 10.1 Å². The van der Waals surface area contributed by atoms with Crippen LogP contribution < -0.4 is 5.32 Å². The van der Waals surface area contributed by atoms with Gasteiger partial charge in [0.1, 0.15) is 5.82 Å². The fourth-order valence-electron chi connectivity index (χ4n) is 2.26. The number of hydrogen-bond donors (Lipinski definition) is 1. The van der Waals surface area contributed by atoms with Crippen molar-refractivity contribution in [1.29, 1.82) is 0 Å². The molecule has 1 aromatic carbocycles. The van der Waals surface area contributed by atoms with Crippen LogP contribution >= 0.6 is 11.3 Å². The van der Waals surface area contributed by atoms with E-state index in [2.05, 4.69) is 15.4 Å². The summed E-state index contributed by atoms with van der Waals surface area (Å²) in [4.78, 5) is 17.5. The highest BCUT2D eigenvalue weighted by atomic mass is 32.1. The molecule has 0 radical (unpaired) electrons. The SMILES string of the molecule is Cc1nc(-c2ccc(F)cc2)c(CC(=O)Nc2cnn(C)c2)s1. The first-order chi connectivity index (χ1) is 11.0. The Morgan fingerprint density at radius 1 is 1.35 bits per heavy atom. The summed E-state index contributed by atoms with van der Waals surface area (Å²) in [6.45, 7) is 1.89. The van der Waals surface area contributed by atoms with Gasteiger partial charge in [0.05, 0.1) is 29.0 Å². The normalized spacial score (nSPS) is 10.7. The average molecular weight is 330 g/mol. The van der Waals surface area contributed by atoms with E-state index in [1.54, 1.807) is 36.3 Å². The molecule has 5 nitrogen and oxygen atoms in total. The Morgan fingerprint density at radius 3 is 2.74 bits per heavy atom. The molecule has 0 saturated heterocycles. The van der Waals surface area contributed by atoms with Crippen molar-refractivity contribution in [3.63, 3.8) is 0 Å². The number of carbonyl (C=O) groups excluding carboxylic acids is 1. The zero-order chi connectivity index (χ0) is 16.4.